The van der Waals surface area contributed by atoms with Gasteiger partial charge in [-0.25, -0.2) is 0 Å². The van der Waals surface area contributed by atoms with E-state index in [1.165, 1.54) is 0 Å². The molecule has 4 rings (SSSR count). The zero-order chi connectivity index (χ0) is 19.5. The normalized spacial score (nSPS) is 10.8. The van der Waals surface area contributed by atoms with E-state index in [1.54, 1.807) is 6.92 Å². The molecule has 0 aliphatic heterocycles. The summed E-state index contributed by atoms with van der Waals surface area (Å²) in [7, 11) is 0. The lowest BCUT2D eigenvalue weighted by atomic mass is 10.1. The second-order valence-electron chi connectivity index (χ2n) is 6.79. The van der Waals surface area contributed by atoms with Gasteiger partial charge in [0.25, 0.3) is 5.91 Å². The molecule has 140 valence electrons. The number of ether oxygens (including phenoxy) is 1. The van der Waals surface area contributed by atoms with E-state index in [0.717, 1.165) is 22.2 Å². The molecule has 0 radical (unpaired) electrons. The van der Waals surface area contributed by atoms with Crippen molar-refractivity contribution in [2.24, 2.45) is 0 Å². The average Bonchev–Trinajstić information content (AvgIpc) is 3.04. The van der Waals surface area contributed by atoms with E-state index in [2.05, 4.69) is 5.32 Å². The van der Waals surface area contributed by atoms with Gasteiger partial charge in [-0.15, -0.1) is 0 Å². The molecule has 0 saturated heterocycles. The van der Waals surface area contributed by atoms with Crippen LogP contribution < -0.4 is 10.1 Å². The van der Waals surface area contributed by atoms with Crippen LogP contribution in [0.5, 0.6) is 5.75 Å². The molecule has 0 unspecified atom stereocenters. The number of hydrogen-bond donors (Lipinski definition) is 1. The molecule has 4 nitrogen and oxygen atoms in total. The van der Waals surface area contributed by atoms with Crippen LogP contribution in [0.3, 0.4) is 0 Å². The van der Waals surface area contributed by atoms with Gasteiger partial charge in [-0.05, 0) is 49.7 Å². The zero-order valence-corrected chi connectivity index (χ0v) is 15.9. The minimum absolute atomic E-state index is 0.194. The topological polar surface area (TPSA) is 51.5 Å². The Bertz CT molecular complexity index is 1110. The Morgan fingerprint density at radius 3 is 2.46 bits per heavy atom. The first-order chi connectivity index (χ1) is 13.6. The van der Waals surface area contributed by atoms with Gasteiger partial charge in [-0.1, -0.05) is 48.0 Å². The third-order valence-corrected chi connectivity index (χ3v) is 4.62. The summed E-state index contributed by atoms with van der Waals surface area (Å²) in [6.45, 7) is 4.28. The van der Waals surface area contributed by atoms with Crippen molar-refractivity contribution < 1.29 is 13.9 Å². The largest absolute Gasteiger partial charge is 0.489 e. The number of nitrogens with one attached hydrogen (secondary N) is 1. The molecule has 1 heterocycles. The maximum atomic E-state index is 12.9. The van der Waals surface area contributed by atoms with Gasteiger partial charge in [0.1, 0.15) is 23.7 Å². The summed E-state index contributed by atoms with van der Waals surface area (Å²) in [6.07, 6.45) is 0. The van der Waals surface area contributed by atoms with Crippen LogP contribution in [0.15, 0.2) is 77.2 Å². The van der Waals surface area contributed by atoms with Crippen molar-refractivity contribution in [1.82, 2.24) is 0 Å². The highest BCUT2D eigenvalue weighted by Gasteiger charge is 2.19. The van der Waals surface area contributed by atoms with Gasteiger partial charge < -0.3 is 14.5 Å². The van der Waals surface area contributed by atoms with Crippen LogP contribution in [-0.4, -0.2) is 5.91 Å². The lowest BCUT2D eigenvalue weighted by molar-refractivity contribution is 0.102. The highest BCUT2D eigenvalue weighted by Crippen LogP contribution is 2.30. The molecular formula is C24H21NO3. The molecule has 4 heteroatoms. The van der Waals surface area contributed by atoms with Crippen molar-refractivity contribution in [1.29, 1.82) is 0 Å². The standard InChI is InChI=1S/C24H21NO3/c1-16-8-10-19(11-9-16)25-24(26)23-17(2)28-22-13-12-20(14-21(22)23)27-15-18-6-4-3-5-7-18/h3-14H,15H2,1-2H3,(H,25,26). The van der Waals surface area contributed by atoms with Crippen molar-refractivity contribution in [2.45, 2.75) is 20.5 Å². The molecule has 0 spiro atoms. The minimum atomic E-state index is -0.194. The molecule has 0 fully saturated rings. The maximum Gasteiger partial charge on any atom is 0.259 e. The molecule has 0 bridgehead atoms. The summed E-state index contributed by atoms with van der Waals surface area (Å²) in [4.78, 5) is 12.9. The van der Waals surface area contributed by atoms with Gasteiger partial charge in [0.05, 0.1) is 5.56 Å². The van der Waals surface area contributed by atoms with Gasteiger partial charge in [-0.2, -0.15) is 0 Å². The molecule has 1 aromatic heterocycles. The second-order valence-corrected chi connectivity index (χ2v) is 6.79. The SMILES string of the molecule is Cc1ccc(NC(=O)c2c(C)oc3ccc(OCc4ccccc4)cc23)cc1. The van der Waals surface area contributed by atoms with E-state index < -0.39 is 0 Å². The summed E-state index contributed by atoms with van der Waals surface area (Å²) in [5, 5.41) is 3.69. The number of hydrogen-bond acceptors (Lipinski definition) is 3. The predicted octanol–water partition coefficient (Wildman–Crippen LogP) is 5.88. The minimum Gasteiger partial charge on any atom is -0.489 e. The second kappa shape index (κ2) is 7.61. The van der Waals surface area contributed by atoms with E-state index >= 15 is 0 Å². The third kappa shape index (κ3) is 3.76. The Balaban J connectivity index is 1.59. The van der Waals surface area contributed by atoms with E-state index in [0.29, 0.717) is 29.3 Å². The van der Waals surface area contributed by atoms with Crippen LogP contribution in [0.2, 0.25) is 0 Å². The van der Waals surface area contributed by atoms with Crippen LogP contribution in [-0.2, 0) is 6.61 Å². The molecule has 0 saturated carbocycles. The zero-order valence-electron chi connectivity index (χ0n) is 15.9. The number of furan rings is 1. The Hall–Kier alpha value is -3.53. The van der Waals surface area contributed by atoms with Crippen molar-refractivity contribution in [3.8, 4) is 5.75 Å². The van der Waals surface area contributed by atoms with Gasteiger partial charge in [0.2, 0.25) is 0 Å². The Kier molecular flexibility index (Phi) is 4.85. The van der Waals surface area contributed by atoms with Crippen molar-refractivity contribution >= 4 is 22.6 Å². The number of carbonyl (C=O) groups is 1. The number of benzene rings is 3. The van der Waals surface area contributed by atoms with E-state index in [-0.39, 0.29) is 5.91 Å². The molecule has 0 atom stereocenters. The van der Waals surface area contributed by atoms with Gasteiger partial charge in [0.15, 0.2) is 0 Å². The fraction of sp³-hybridized carbons (Fsp3) is 0.125. The van der Waals surface area contributed by atoms with Crippen molar-refractivity contribution in [3.05, 3.63) is 95.2 Å². The molecule has 0 aliphatic rings. The molecule has 4 aromatic rings. The average molecular weight is 371 g/mol. The molecule has 0 aliphatic carbocycles. The Labute approximate surface area is 163 Å². The van der Waals surface area contributed by atoms with Crippen molar-refractivity contribution in [3.63, 3.8) is 0 Å². The van der Waals surface area contributed by atoms with Gasteiger partial charge in [0, 0.05) is 11.1 Å². The molecular weight excluding hydrogens is 350 g/mol. The third-order valence-electron chi connectivity index (χ3n) is 4.62. The lowest BCUT2D eigenvalue weighted by Crippen LogP contribution is -2.12. The van der Waals surface area contributed by atoms with Crippen LogP contribution in [0.25, 0.3) is 11.0 Å². The number of carbonyl (C=O) groups excluding carboxylic acids is 1. The Morgan fingerprint density at radius 2 is 1.71 bits per heavy atom. The van der Waals surface area contributed by atoms with Crippen LogP contribution in [0, 0.1) is 13.8 Å². The van der Waals surface area contributed by atoms with Gasteiger partial charge >= 0.3 is 0 Å². The summed E-state index contributed by atoms with van der Waals surface area (Å²) < 4.78 is 11.7. The number of rotatable bonds is 5. The summed E-state index contributed by atoms with van der Waals surface area (Å²) in [6, 6.07) is 23.2. The monoisotopic (exact) mass is 371 g/mol. The fourth-order valence-corrected chi connectivity index (χ4v) is 3.14. The number of anilines is 1. The van der Waals surface area contributed by atoms with Crippen LogP contribution in [0.4, 0.5) is 5.69 Å². The first kappa shape index (κ1) is 17.9. The smallest absolute Gasteiger partial charge is 0.259 e. The van der Waals surface area contributed by atoms with Crippen molar-refractivity contribution in [2.75, 3.05) is 5.32 Å². The molecule has 1 N–H and O–H groups in total. The number of aryl methyl sites for hydroxylation is 2. The highest BCUT2D eigenvalue weighted by molar-refractivity contribution is 6.13. The first-order valence-corrected chi connectivity index (χ1v) is 9.18. The van der Waals surface area contributed by atoms with E-state index in [9.17, 15) is 4.79 Å². The number of fused-ring (bicyclic) bond motifs is 1. The lowest BCUT2D eigenvalue weighted by Gasteiger charge is -2.07. The quantitative estimate of drug-likeness (QED) is 0.476. The summed E-state index contributed by atoms with van der Waals surface area (Å²) in [5.41, 5.74) is 4.17. The first-order valence-electron chi connectivity index (χ1n) is 9.18. The Morgan fingerprint density at radius 1 is 0.964 bits per heavy atom. The predicted molar refractivity (Wildman–Crippen MR) is 111 cm³/mol. The van der Waals surface area contributed by atoms with Gasteiger partial charge in [-0.3, -0.25) is 4.79 Å². The molecule has 1 amide bonds. The fourth-order valence-electron chi connectivity index (χ4n) is 3.14. The van der Waals surface area contributed by atoms with Crippen LogP contribution >= 0.6 is 0 Å². The van der Waals surface area contributed by atoms with E-state index in [4.69, 9.17) is 9.15 Å². The van der Waals surface area contributed by atoms with E-state index in [1.807, 2.05) is 79.7 Å². The maximum absolute atomic E-state index is 12.9. The van der Waals surface area contributed by atoms with Crippen LogP contribution in [0.1, 0.15) is 27.2 Å². The molecule has 3 aromatic carbocycles. The number of amides is 1. The highest BCUT2D eigenvalue weighted by atomic mass is 16.5. The summed E-state index contributed by atoms with van der Waals surface area (Å²) >= 11 is 0. The summed E-state index contributed by atoms with van der Waals surface area (Å²) in [5.74, 6) is 1.08. The molecule has 28 heavy (non-hydrogen) atoms.